The van der Waals surface area contributed by atoms with Crippen molar-refractivity contribution in [3.05, 3.63) is 94.9 Å². The normalized spacial score (nSPS) is 17.0. The minimum absolute atomic E-state index is 0.177. The minimum Gasteiger partial charge on any atom is -0.444 e. The molecule has 0 saturated heterocycles. The van der Waals surface area contributed by atoms with Gasteiger partial charge in [0.25, 0.3) is 5.56 Å². The number of pyridine rings is 1. The van der Waals surface area contributed by atoms with Crippen molar-refractivity contribution in [3.63, 3.8) is 0 Å². The van der Waals surface area contributed by atoms with Gasteiger partial charge in [0.15, 0.2) is 0 Å². The summed E-state index contributed by atoms with van der Waals surface area (Å²) in [5, 5.41) is 7.14. The summed E-state index contributed by atoms with van der Waals surface area (Å²) in [6, 6.07) is 12.9. The van der Waals surface area contributed by atoms with Crippen molar-refractivity contribution in [1.82, 2.24) is 29.8 Å². The summed E-state index contributed by atoms with van der Waals surface area (Å²) in [5.74, 6) is 1.04. The first kappa shape index (κ1) is 22.5. The van der Waals surface area contributed by atoms with Gasteiger partial charge in [-0.2, -0.15) is 0 Å². The first-order valence-corrected chi connectivity index (χ1v) is 12.6. The molecular formula is C28H25N7O3. The fraction of sp³-hybridized carbons (Fsp3) is 0.250. The zero-order chi connectivity index (χ0) is 25.7. The van der Waals surface area contributed by atoms with Gasteiger partial charge < -0.3 is 20.0 Å². The molecule has 1 atom stereocenters. The summed E-state index contributed by atoms with van der Waals surface area (Å²) in [6.45, 7) is 0.631. The van der Waals surface area contributed by atoms with Crippen LogP contribution in [-0.4, -0.2) is 30.4 Å². The van der Waals surface area contributed by atoms with Crippen molar-refractivity contribution in [2.75, 3.05) is 5.32 Å². The summed E-state index contributed by atoms with van der Waals surface area (Å²) in [6.07, 6.45) is 9.11. The number of oxazole rings is 1. The number of aromatic amines is 1. The predicted octanol–water partition coefficient (Wildman–Crippen LogP) is 3.68. The molecule has 1 spiro atoms. The zero-order valence-electron chi connectivity index (χ0n) is 20.5. The number of rotatable bonds is 7. The second-order valence-electron chi connectivity index (χ2n) is 10.0. The molecule has 7 rings (SSSR count). The Morgan fingerprint density at radius 1 is 1.16 bits per heavy atom. The molecule has 1 aliphatic carbocycles. The molecular weight excluding hydrogens is 482 g/mol. The van der Waals surface area contributed by atoms with E-state index in [0.717, 1.165) is 35.0 Å². The number of nitrogens with zero attached hydrogens (tertiary/aromatic N) is 4. The molecule has 3 N–H and O–H groups in total. The third kappa shape index (κ3) is 3.85. The number of benzene rings is 1. The van der Waals surface area contributed by atoms with Crippen molar-refractivity contribution in [2.45, 2.75) is 43.8 Å². The SMILES string of the molecule is O=C(NCc1cc2cnccc2[nH]1)[C@@H]1CC2(CC2)c2ncc(NCc3coc(-c4ccccc4)n3)c(=O)n21. The van der Waals surface area contributed by atoms with Crippen LogP contribution in [0.5, 0.6) is 0 Å². The smallest absolute Gasteiger partial charge is 0.277 e. The summed E-state index contributed by atoms with van der Waals surface area (Å²) < 4.78 is 7.18. The maximum Gasteiger partial charge on any atom is 0.277 e. The van der Waals surface area contributed by atoms with E-state index in [2.05, 4.69) is 30.6 Å². The van der Waals surface area contributed by atoms with Crippen molar-refractivity contribution >= 4 is 22.5 Å². The fourth-order valence-corrected chi connectivity index (χ4v) is 5.33. The van der Waals surface area contributed by atoms with E-state index in [1.165, 1.54) is 0 Å². The van der Waals surface area contributed by atoms with Gasteiger partial charge in [-0.15, -0.1) is 0 Å². The van der Waals surface area contributed by atoms with E-state index >= 15 is 0 Å². The topological polar surface area (TPSA) is 131 Å². The van der Waals surface area contributed by atoms with Gasteiger partial charge in [-0.05, 0) is 43.5 Å². The number of carbonyl (C=O) groups is 1. The number of hydrogen-bond donors (Lipinski definition) is 3. The van der Waals surface area contributed by atoms with Gasteiger partial charge in [-0.25, -0.2) is 9.97 Å². The van der Waals surface area contributed by atoms with Gasteiger partial charge >= 0.3 is 0 Å². The van der Waals surface area contributed by atoms with Crippen molar-refractivity contribution in [2.24, 2.45) is 0 Å². The lowest BCUT2D eigenvalue weighted by atomic mass is 10.0. The highest BCUT2D eigenvalue weighted by Crippen LogP contribution is 2.56. The van der Waals surface area contributed by atoms with E-state index in [4.69, 9.17) is 4.42 Å². The second-order valence-corrected chi connectivity index (χ2v) is 10.0. The molecule has 2 aliphatic rings. The summed E-state index contributed by atoms with van der Waals surface area (Å²) in [5.41, 5.74) is 3.29. The first-order chi connectivity index (χ1) is 18.6. The molecule has 1 aromatic carbocycles. The Morgan fingerprint density at radius 3 is 2.84 bits per heavy atom. The number of hydrogen-bond acceptors (Lipinski definition) is 7. The molecule has 190 valence electrons. The standard InChI is InChI=1S/C28H25N7O3/c36-24(31-13-19-10-18-12-29-9-6-21(18)33-19)23-11-28(7-8-28)27-32-15-22(26(37)35(23)27)30-14-20-16-38-25(34-20)17-4-2-1-3-5-17/h1-6,9-10,12,15-16,23,30,33H,7-8,11,13-14H2,(H,31,36)/t23-/m0/s1. The molecule has 1 aliphatic heterocycles. The Kier molecular flexibility index (Phi) is 5.14. The van der Waals surface area contributed by atoms with Crippen LogP contribution >= 0.6 is 0 Å². The van der Waals surface area contributed by atoms with Crippen LogP contribution in [0.2, 0.25) is 0 Å². The van der Waals surface area contributed by atoms with Crippen LogP contribution in [0.4, 0.5) is 5.69 Å². The lowest BCUT2D eigenvalue weighted by molar-refractivity contribution is -0.124. The molecule has 0 bridgehead atoms. The van der Waals surface area contributed by atoms with E-state index in [-0.39, 0.29) is 16.9 Å². The first-order valence-electron chi connectivity index (χ1n) is 12.6. The molecule has 0 unspecified atom stereocenters. The van der Waals surface area contributed by atoms with Crippen LogP contribution < -0.4 is 16.2 Å². The Morgan fingerprint density at radius 2 is 2.03 bits per heavy atom. The van der Waals surface area contributed by atoms with Crippen molar-refractivity contribution in [1.29, 1.82) is 0 Å². The average Bonchev–Trinajstić information content (AvgIpc) is 3.27. The third-order valence-corrected chi connectivity index (χ3v) is 7.48. The molecule has 1 saturated carbocycles. The van der Waals surface area contributed by atoms with Crippen molar-refractivity contribution in [3.8, 4) is 11.5 Å². The van der Waals surface area contributed by atoms with Crippen LogP contribution in [0, 0.1) is 0 Å². The van der Waals surface area contributed by atoms with E-state index in [1.807, 2.05) is 42.5 Å². The number of H-pyrrole nitrogens is 1. The Labute approximate surface area is 217 Å². The Balaban J connectivity index is 1.09. The Hall–Kier alpha value is -4.73. The fourth-order valence-electron chi connectivity index (χ4n) is 5.33. The van der Waals surface area contributed by atoms with Crippen LogP contribution in [-0.2, 0) is 23.3 Å². The average molecular weight is 508 g/mol. The quantitative estimate of drug-likeness (QED) is 0.306. The van der Waals surface area contributed by atoms with Crippen LogP contribution in [0.3, 0.4) is 0 Å². The molecule has 10 heteroatoms. The number of anilines is 1. The van der Waals surface area contributed by atoms with Gasteiger partial charge in [0.05, 0.1) is 25.0 Å². The van der Waals surface area contributed by atoms with Gasteiger partial charge in [0, 0.05) is 40.0 Å². The number of carbonyl (C=O) groups excluding carboxylic acids is 1. The van der Waals surface area contributed by atoms with E-state index in [0.29, 0.717) is 42.6 Å². The van der Waals surface area contributed by atoms with Gasteiger partial charge in [-0.3, -0.25) is 19.1 Å². The lowest BCUT2D eigenvalue weighted by Crippen LogP contribution is -2.36. The highest BCUT2D eigenvalue weighted by atomic mass is 16.3. The van der Waals surface area contributed by atoms with E-state index in [1.54, 1.807) is 29.4 Å². The number of fused-ring (bicyclic) bond motifs is 3. The minimum atomic E-state index is -0.600. The maximum absolute atomic E-state index is 13.6. The molecule has 0 radical (unpaired) electrons. The highest BCUT2D eigenvalue weighted by Gasteiger charge is 2.56. The van der Waals surface area contributed by atoms with Crippen molar-refractivity contribution < 1.29 is 9.21 Å². The maximum atomic E-state index is 13.6. The molecule has 10 nitrogen and oxygen atoms in total. The summed E-state index contributed by atoms with van der Waals surface area (Å²) >= 11 is 0. The van der Waals surface area contributed by atoms with Gasteiger partial charge in [0.1, 0.15) is 23.8 Å². The third-order valence-electron chi connectivity index (χ3n) is 7.48. The molecule has 5 aromatic rings. The molecule has 1 amide bonds. The number of nitrogens with one attached hydrogen (secondary N) is 3. The van der Waals surface area contributed by atoms with Gasteiger partial charge in [-0.1, -0.05) is 18.2 Å². The summed E-state index contributed by atoms with van der Waals surface area (Å²) in [7, 11) is 0. The predicted molar refractivity (Wildman–Crippen MR) is 140 cm³/mol. The molecule has 5 heterocycles. The molecule has 1 fully saturated rings. The highest BCUT2D eigenvalue weighted by molar-refractivity contribution is 5.82. The summed E-state index contributed by atoms with van der Waals surface area (Å²) in [4.78, 5) is 43.5. The lowest BCUT2D eigenvalue weighted by Gasteiger charge is -2.15. The Bertz CT molecular complexity index is 1680. The largest absolute Gasteiger partial charge is 0.444 e. The van der Waals surface area contributed by atoms with Crippen LogP contribution in [0.15, 0.2) is 76.5 Å². The number of amides is 1. The van der Waals surface area contributed by atoms with E-state index < -0.39 is 6.04 Å². The number of aromatic nitrogens is 5. The van der Waals surface area contributed by atoms with Crippen LogP contribution in [0.1, 0.15) is 42.5 Å². The second kappa shape index (κ2) is 8.69. The van der Waals surface area contributed by atoms with E-state index in [9.17, 15) is 9.59 Å². The zero-order valence-corrected chi connectivity index (χ0v) is 20.5. The molecule has 38 heavy (non-hydrogen) atoms. The van der Waals surface area contributed by atoms with Crippen LogP contribution in [0.25, 0.3) is 22.4 Å². The van der Waals surface area contributed by atoms with Gasteiger partial charge in [0.2, 0.25) is 11.8 Å². The monoisotopic (exact) mass is 507 g/mol. The molecule has 4 aromatic heterocycles.